The van der Waals surface area contributed by atoms with E-state index in [0.29, 0.717) is 22.7 Å². The van der Waals surface area contributed by atoms with Gasteiger partial charge in [0.25, 0.3) is 15.9 Å². The van der Waals surface area contributed by atoms with Crippen molar-refractivity contribution in [3.05, 3.63) is 82.8 Å². The van der Waals surface area contributed by atoms with Crippen LogP contribution in [0.15, 0.2) is 82.2 Å². The topological polar surface area (TPSA) is 96.5 Å². The standard InChI is InChI=1S/C23H22BrN3O4S2/c1-15(2)31-21-13-8-16(24)14-20(21)22(28)26-23(32)25-17-9-11-19(12-10-17)33(29,30)27-18-6-4-3-5-7-18/h3-15,27H,1-2H3,(H2,25,26,28,32). The summed E-state index contributed by atoms with van der Waals surface area (Å²) in [5.41, 5.74) is 1.32. The monoisotopic (exact) mass is 547 g/mol. The van der Waals surface area contributed by atoms with Gasteiger partial charge in [0, 0.05) is 15.8 Å². The molecule has 33 heavy (non-hydrogen) atoms. The van der Waals surface area contributed by atoms with E-state index >= 15 is 0 Å². The highest BCUT2D eigenvalue weighted by Crippen LogP contribution is 2.24. The largest absolute Gasteiger partial charge is 0.490 e. The number of thiocarbonyl (C=S) groups is 1. The van der Waals surface area contributed by atoms with Crippen molar-refractivity contribution in [3.8, 4) is 5.75 Å². The summed E-state index contributed by atoms with van der Waals surface area (Å²) in [7, 11) is -3.73. The van der Waals surface area contributed by atoms with Crippen LogP contribution in [0.3, 0.4) is 0 Å². The van der Waals surface area contributed by atoms with Crippen LogP contribution in [0.5, 0.6) is 5.75 Å². The first-order valence-electron chi connectivity index (χ1n) is 9.90. The molecule has 172 valence electrons. The number of amides is 1. The maximum Gasteiger partial charge on any atom is 0.261 e. The molecule has 0 fully saturated rings. The Morgan fingerprint density at radius 3 is 2.27 bits per heavy atom. The molecule has 3 aromatic carbocycles. The van der Waals surface area contributed by atoms with E-state index in [4.69, 9.17) is 17.0 Å². The number of halogens is 1. The number of sulfonamides is 1. The summed E-state index contributed by atoms with van der Waals surface area (Å²) in [6, 6.07) is 19.8. The molecular formula is C23H22BrN3O4S2. The van der Waals surface area contributed by atoms with Gasteiger partial charge in [-0.15, -0.1) is 0 Å². The molecule has 0 aromatic heterocycles. The lowest BCUT2D eigenvalue weighted by atomic mass is 10.2. The number of ether oxygens (including phenoxy) is 1. The van der Waals surface area contributed by atoms with E-state index in [2.05, 4.69) is 31.3 Å². The van der Waals surface area contributed by atoms with Gasteiger partial charge in [-0.3, -0.25) is 14.8 Å². The van der Waals surface area contributed by atoms with Crippen LogP contribution in [0.1, 0.15) is 24.2 Å². The summed E-state index contributed by atoms with van der Waals surface area (Å²) in [5, 5.41) is 5.55. The van der Waals surface area contributed by atoms with E-state index in [0.717, 1.165) is 4.47 Å². The van der Waals surface area contributed by atoms with Gasteiger partial charge in [-0.2, -0.15) is 0 Å². The fourth-order valence-corrected chi connectivity index (χ4v) is 4.44. The van der Waals surface area contributed by atoms with Gasteiger partial charge in [-0.25, -0.2) is 8.42 Å². The molecular weight excluding hydrogens is 526 g/mol. The second-order valence-electron chi connectivity index (χ2n) is 7.21. The van der Waals surface area contributed by atoms with Crippen molar-refractivity contribution in [1.29, 1.82) is 0 Å². The van der Waals surface area contributed by atoms with Crippen LogP contribution in [0.2, 0.25) is 0 Å². The fraction of sp³-hybridized carbons (Fsp3) is 0.130. The number of para-hydroxylation sites is 1. The molecule has 0 radical (unpaired) electrons. The van der Waals surface area contributed by atoms with Gasteiger partial charge in [0.1, 0.15) is 5.75 Å². The molecule has 0 aliphatic carbocycles. The van der Waals surface area contributed by atoms with E-state index in [1.807, 2.05) is 13.8 Å². The molecule has 0 unspecified atom stereocenters. The minimum atomic E-state index is -3.73. The third-order valence-electron chi connectivity index (χ3n) is 4.22. The van der Waals surface area contributed by atoms with Gasteiger partial charge < -0.3 is 10.1 Å². The van der Waals surface area contributed by atoms with Crippen molar-refractivity contribution in [2.24, 2.45) is 0 Å². The SMILES string of the molecule is CC(C)Oc1ccc(Br)cc1C(=O)NC(=S)Nc1ccc(S(=O)(=O)Nc2ccccc2)cc1. The molecule has 0 aliphatic rings. The normalized spacial score (nSPS) is 11.0. The molecule has 0 atom stereocenters. The minimum absolute atomic E-state index is 0.0634. The van der Waals surface area contributed by atoms with Crippen LogP contribution in [-0.4, -0.2) is 25.5 Å². The highest BCUT2D eigenvalue weighted by molar-refractivity contribution is 9.10. The van der Waals surface area contributed by atoms with Crippen LogP contribution in [-0.2, 0) is 10.0 Å². The van der Waals surface area contributed by atoms with E-state index in [1.165, 1.54) is 12.1 Å². The van der Waals surface area contributed by atoms with Crippen molar-refractivity contribution >= 4 is 60.6 Å². The van der Waals surface area contributed by atoms with E-state index in [9.17, 15) is 13.2 Å². The van der Waals surface area contributed by atoms with Crippen LogP contribution in [0.4, 0.5) is 11.4 Å². The summed E-state index contributed by atoms with van der Waals surface area (Å²) in [4.78, 5) is 12.8. The average Bonchev–Trinajstić information content (AvgIpc) is 2.75. The summed E-state index contributed by atoms with van der Waals surface area (Å²) >= 11 is 8.60. The van der Waals surface area contributed by atoms with Crippen LogP contribution in [0, 0.1) is 0 Å². The Bertz CT molecular complexity index is 1250. The Morgan fingerprint density at radius 1 is 0.970 bits per heavy atom. The molecule has 0 spiro atoms. The predicted octanol–water partition coefficient (Wildman–Crippen LogP) is 5.16. The van der Waals surface area contributed by atoms with Crippen molar-refractivity contribution in [2.45, 2.75) is 24.8 Å². The third-order valence-corrected chi connectivity index (χ3v) is 6.32. The molecule has 3 aromatic rings. The van der Waals surface area contributed by atoms with E-state index < -0.39 is 15.9 Å². The Hall–Kier alpha value is -2.95. The van der Waals surface area contributed by atoms with Crippen molar-refractivity contribution < 1.29 is 17.9 Å². The summed E-state index contributed by atoms with van der Waals surface area (Å²) in [5.74, 6) is 0.00434. The number of hydrogen-bond donors (Lipinski definition) is 3. The molecule has 0 bridgehead atoms. The first kappa shape index (κ1) is 24.7. The van der Waals surface area contributed by atoms with Crippen LogP contribution < -0.4 is 20.1 Å². The molecule has 0 saturated heterocycles. The fourth-order valence-electron chi connectivity index (χ4n) is 2.81. The number of benzene rings is 3. The lowest BCUT2D eigenvalue weighted by Gasteiger charge is -2.15. The van der Waals surface area contributed by atoms with Crippen molar-refractivity contribution in [3.63, 3.8) is 0 Å². The van der Waals surface area contributed by atoms with E-state index in [1.54, 1.807) is 60.7 Å². The molecule has 0 saturated carbocycles. The van der Waals surface area contributed by atoms with Gasteiger partial charge >= 0.3 is 0 Å². The maximum absolute atomic E-state index is 12.7. The molecule has 3 rings (SSSR count). The Balaban J connectivity index is 1.65. The molecule has 1 amide bonds. The maximum atomic E-state index is 12.7. The number of hydrogen-bond acceptors (Lipinski definition) is 5. The molecule has 0 aliphatic heterocycles. The van der Waals surface area contributed by atoms with Crippen LogP contribution >= 0.6 is 28.1 Å². The highest BCUT2D eigenvalue weighted by Gasteiger charge is 2.17. The first-order chi connectivity index (χ1) is 15.6. The summed E-state index contributed by atoms with van der Waals surface area (Å²) < 4.78 is 34.0. The van der Waals surface area contributed by atoms with Crippen molar-refractivity contribution in [2.75, 3.05) is 10.0 Å². The molecule has 10 heteroatoms. The zero-order valence-corrected chi connectivity index (χ0v) is 21.1. The second kappa shape index (κ2) is 10.8. The number of carbonyl (C=O) groups is 1. The molecule has 3 N–H and O–H groups in total. The zero-order chi connectivity index (χ0) is 24.0. The molecule has 0 heterocycles. The lowest BCUT2D eigenvalue weighted by molar-refractivity contribution is 0.0972. The predicted molar refractivity (Wildman–Crippen MR) is 137 cm³/mol. The van der Waals surface area contributed by atoms with Gasteiger partial charge in [0.2, 0.25) is 0 Å². The highest BCUT2D eigenvalue weighted by atomic mass is 79.9. The summed E-state index contributed by atoms with van der Waals surface area (Å²) in [6.07, 6.45) is -0.103. The number of nitrogens with one attached hydrogen (secondary N) is 3. The van der Waals surface area contributed by atoms with Gasteiger partial charge in [0.05, 0.1) is 16.6 Å². The minimum Gasteiger partial charge on any atom is -0.490 e. The van der Waals surface area contributed by atoms with Gasteiger partial charge in [0.15, 0.2) is 5.11 Å². The number of rotatable bonds is 7. The first-order valence-corrected chi connectivity index (χ1v) is 12.6. The number of anilines is 2. The Morgan fingerprint density at radius 2 is 1.64 bits per heavy atom. The average molecular weight is 548 g/mol. The number of carbonyl (C=O) groups excluding carboxylic acids is 1. The van der Waals surface area contributed by atoms with Crippen LogP contribution in [0.25, 0.3) is 0 Å². The zero-order valence-electron chi connectivity index (χ0n) is 17.8. The van der Waals surface area contributed by atoms with Gasteiger partial charge in [-0.05, 0) is 80.7 Å². The second-order valence-corrected chi connectivity index (χ2v) is 10.2. The lowest BCUT2D eigenvalue weighted by Crippen LogP contribution is -2.34. The quantitative estimate of drug-likeness (QED) is 0.353. The van der Waals surface area contributed by atoms with Gasteiger partial charge in [-0.1, -0.05) is 34.1 Å². The van der Waals surface area contributed by atoms with Crippen molar-refractivity contribution in [1.82, 2.24) is 5.32 Å². The Kier molecular flexibility index (Phi) is 8.06. The summed E-state index contributed by atoms with van der Waals surface area (Å²) in [6.45, 7) is 3.74. The Labute approximate surface area is 206 Å². The smallest absolute Gasteiger partial charge is 0.261 e. The molecule has 7 nitrogen and oxygen atoms in total. The van der Waals surface area contributed by atoms with E-state index in [-0.39, 0.29) is 16.1 Å². The third kappa shape index (κ3) is 7.01.